The predicted molar refractivity (Wildman–Crippen MR) is 119 cm³/mol. The molecule has 2 fully saturated rings. The van der Waals surface area contributed by atoms with Crippen LogP contribution in [0, 0.1) is 13.8 Å². The molecular formula is C24H25N3O4S. The molecule has 2 atom stereocenters. The van der Waals surface area contributed by atoms with E-state index < -0.39 is 5.60 Å². The van der Waals surface area contributed by atoms with E-state index in [0.717, 1.165) is 10.4 Å². The Hall–Kier alpha value is -2.97. The molecule has 0 bridgehead atoms. The number of morpholine rings is 1. The van der Waals surface area contributed by atoms with Crippen molar-refractivity contribution in [3.63, 3.8) is 0 Å². The third-order valence-corrected chi connectivity index (χ3v) is 7.29. The number of hydrogen-bond acceptors (Lipinski definition) is 6. The molecule has 1 aromatic carbocycles. The lowest BCUT2D eigenvalue weighted by Gasteiger charge is -2.42. The van der Waals surface area contributed by atoms with Gasteiger partial charge in [-0.1, -0.05) is 41.6 Å². The van der Waals surface area contributed by atoms with Crippen LogP contribution in [0.5, 0.6) is 0 Å². The standard InChI is InChI=1S/C24H25N3O4S/c1-16-21(17(2)31-25-16)22(28)26-10-11-30-24(15-26)20(18-7-4-3-5-8-18)14-27(23(24)29)13-19-9-6-12-32-19/h3-9,12,20H,10-11,13-15H2,1-2H3/t20-,24-/m1/s1. The molecule has 1 spiro atoms. The number of rotatable bonds is 4. The zero-order chi connectivity index (χ0) is 22.3. The Morgan fingerprint density at radius 1 is 1.22 bits per heavy atom. The first-order valence-corrected chi connectivity index (χ1v) is 11.6. The quantitative estimate of drug-likeness (QED) is 0.608. The number of amides is 2. The number of thiophene rings is 1. The molecular weight excluding hydrogens is 426 g/mol. The SMILES string of the molecule is Cc1noc(C)c1C(=O)N1CCO[C@@]2(C1)C(=O)N(Cc1cccs1)C[C@@H]2c1ccccc1. The summed E-state index contributed by atoms with van der Waals surface area (Å²) in [6, 6.07) is 14.0. The zero-order valence-electron chi connectivity index (χ0n) is 18.1. The van der Waals surface area contributed by atoms with Gasteiger partial charge in [-0.3, -0.25) is 9.59 Å². The number of aryl methyl sites for hydroxylation is 2. The van der Waals surface area contributed by atoms with Gasteiger partial charge in [-0.15, -0.1) is 11.3 Å². The molecule has 0 radical (unpaired) electrons. The predicted octanol–water partition coefficient (Wildman–Crippen LogP) is 3.39. The third kappa shape index (κ3) is 3.43. The van der Waals surface area contributed by atoms with Crippen LogP contribution in [0.1, 0.15) is 38.2 Å². The summed E-state index contributed by atoms with van der Waals surface area (Å²) in [7, 11) is 0. The molecule has 4 heterocycles. The number of hydrogen-bond donors (Lipinski definition) is 0. The molecule has 2 aliphatic heterocycles. The maximum Gasteiger partial charge on any atom is 0.259 e. The average molecular weight is 452 g/mol. The first-order valence-electron chi connectivity index (χ1n) is 10.7. The molecule has 166 valence electrons. The Bertz CT molecular complexity index is 1110. The number of carbonyl (C=O) groups excluding carboxylic acids is 2. The monoisotopic (exact) mass is 451 g/mol. The number of nitrogens with zero attached hydrogens (tertiary/aromatic N) is 3. The molecule has 2 aromatic heterocycles. The van der Waals surface area contributed by atoms with Gasteiger partial charge in [-0.25, -0.2) is 0 Å². The van der Waals surface area contributed by atoms with Crippen molar-refractivity contribution in [2.75, 3.05) is 26.2 Å². The van der Waals surface area contributed by atoms with Gasteiger partial charge < -0.3 is 19.1 Å². The van der Waals surface area contributed by atoms with Gasteiger partial charge in [-0.2, -0.15) is 0 Å². The molecule has 2 aliphatic rings. The van der Waals surface area contributed by atoms with Crippen molar-refractivity contribution >= 4 is 23.2 Å². The van der Waals surface area contributed by atoms with Gasteiger partial charge in [0, 0.05) is 23.9 Å². The van der Waals surface area contributed by atoms with E-state index in [0.29, 0.717) is 43.3 Å². The molecule has 0 saturated carbocycles. The number of ether oxygens (including phenoxy) is 1. The Kier molecular flexibility index (Phi) is 5.35. The zero-order valence-corrected chi connectivity index (χ0v) is 18.9. The van der Waals surface area contributed by atoms with E-state index in [1.165, 1.54) is 0 Å². The van der Waals surface area contributed by atoms with E-state index in [4.69, 9.17) is 9.26 Å². The highest BCUT2D eigenvalue weighted by Gasteiger charge is 2.58. The van der Waals surface area contributed by atoms with E-state index >= 15 is 0 Å². The van der Waals surface area contributed by atoms with E-state index in [1.807, 2.05) is 52.7 Å². The smallest absolute Gasteiger partial charge is 0.259 e. The van der Waals surface area contributed by atoms with Gasteiger partial charge in [0.1, 0.15) is 11.3 Å². The van der Waals surface area contributed by atoms with E-state index in [9.17, 15) is 9.59 Å². The molecule has 0 N–H and O–H groups in total. The Balaban J connectivity index is 1.49. The molecule has 0 unspecified atom stereocenters. The van der Waals surface area contributed by atoms with Crippen molar-refractivity contribution in [1.82, 2.24) is 15.0 Å². The second kappa shape index (κ2) is 8.18. The van der Waals surface area contributed by atoms with Gasteiger partial charge in [0.05, 0.1) is 25.4 Å². The van der Waals surface area contributed by atoms with Crippen molar-refractivity contribution in [1.29, 1.82) is 0 Å². The second-order valence-corrected chi connectivity index (χ2v) is 9.42. The Morgan fingerprint density at radius 3 is 2.72 bits per heavy atom. The van der Waals surface area contributed by atoms with Crippen LogP contribution in [-0.4, -0.2) is 58.6 Å². The number of benzene rings is 1. The number of likely N-dealkylation sites (tertiary alicyclic amines) is 1. The van der Waals surface area contributed by atoms with Crippen LogP contribution in [0.15, 0.2) is 52.4 Å². The molecule has 2 amide bonds. The van der Waals surface area contributed by atoms with Crippen molar-refractivity contribution in [3.05, 3.63) is 75.3 Å². The highest BCUT2D eigenvalue weighted by molar-refractivity contribution is 7.09. The summed E-state index contributed by atoms with van der Waals surface area (Å²) in [6.45, 7) is 5.52. The van der Waals surface area contributed by atoms with E-state index in [-0.39, 0.29) is 24.3 Å². The first kappa shape index (κ1) is 20.9. The molecule has 8 heteroatoms. The average Bonchev–Trinajstić information content (AvgIpc) is 3.50. The fraction of sp³-hybridized carbons (Fsp3) is 0.375. The van der Waals surface area contributed by atoms with Crippen molar-refractivity contribution in [2.45, 2.75) is 31.9 Å². The lowest BCUT2D eigenvalue weighted by atomic mass is 9.83. The highest BCUT2D eigenvalue weighted by Crippen LogP contribution is 2.43. The van der Waals surface area contributed by atoms with Gasteiger partial charge in [0.2, 0.25) is 0 Å². The molecule has 32 heavy (non-hydrogen) atoms. The van der Waals surface area contributed by atoms with Gasteiger partial charge >= 0.3 is 0 Å². The Morgan fingerprint density at radius 2 is 2.03 bits per heavy atom. The summed E-state index contributed by atoms with van der Waals surface area (Å²) in [6.07, 6.45) is 0. The first-order chi connectivity index (χ1) is 15.5. The number of carbonyl (C=O) groups is 2. The van der Waals surface area contributed by atoms with Crippen molar-refractivity contribution in [2.24, 2.45) is 0 Å². The summed E-state index contributed by atoms with van der Waals surface area (Å²) >= 11 is 1.63. The maximum atomic E-state index is 13.8. The van der Waals surface area contributed by atoms with Crippen molar-refractivity contribution in [3.8, 4) is 0 Å². The Labute approximate surface area is 190 Å². The van der Waals surface area contributed by atoms with Crippen LogP contribution < -0.4 is 0 Å². The van der Waals surface area contributed by atoms with Crippen LogP contribution in [-0.2, 0) is 16.1 Å². The summed E-state index contributed by atoms with van der Waals surface area (Å²) in [5.41, 5.74) is 0.968. The van der Waals surface area contributed by atoms with Gasteiger partial charge in [0.15, 0.2) is 5.60 Å². The molecule has 5 rings (SSSR count). The van der Waals surface area contributed by atoms with E-state index in [1.54, 1.807) is 30.1 Å². The highest BCUT2D eigenvalue weighted by atomic mass is 32.1. The minimum Gasteiger partial charge on any atom is -0.361 e. The lowest BCUT2D eigenvalue weighted by Crippen LogP contribution is -2.59. The topological polar surface area (TPSA) is 75.9 Å². The van der Waals surface area contributed by atoms with Crippen LogP contribution >= 0.6 is 11.3 Å². The number of aromatic nitrogens is 1. The van der Waals surface area contributed by atoms with Gasteiger partial charge in [0.25, 0.3) is 11.8 Å². The second-order valence-electron chi connectivity index (χ2n) is 8.39. The van der Waals surface area contributed by atoms with Crippen LogP contribution in [0.25, 0.3) is 0 Å². The summed E-state index contributed by atoms with van der Waals surface area (Å²) in [4.78, 5) is 31.9. The summed E-state index contributed by atoms with van der Waals surface area (Å²) in [5.74, 6) is 0.0948. The van der Waals surface area contributed by atoms with Crippen molar-refractivity contribution < 1.29 is 18.8 Å². The molecule has 2 saturated heterocycles. The summed E-state index contributed by atoms with van der Waals surface area (Å²) in [5, 5.41) is 5.94. The molecule has 3 aromatic rings. The normalized spacial score (nSPS) is 23.3. The third-order valence-electron chi connectivity index (χ3n) is 6.42. The minimum atomic E-state index is -1.11. The van der Waals surface area contributed by atoms with Crippen LogP contribution in [0.4, 0.5) is 0 Å². The molecule has 0 aliphatic carbocycles. The largest absolute Gasteiger partial charge is 0.361 e. The lowest BCUT2D eigenvalue weighted by molar-refractivity contribution is -0.160. The van der Waals surface area contributed by atoms with E-state index in [2.05, 4.69) is 5.16 Å². The van der Waals surface area contributed by atoms with Crippen LogP contribution in [0.3, 0.4) is 0 Å². The summed E-state index contributed by atoms with van der Waals surface area (Å²) < 4.78 is 11.5. The van der Waals surface area contributed by atoms with Gasteiger partial charge in [-0.05, 0) is 30.9 Å². The fourth-order valence-electron chi connectivity index (χ4n) is 4.86. The fourth-order valence-corrected chi connectivity index (χ4v) is 5.58. The maximum absolute atomic E-state index is 13.8. The molecule has 7 nitrogen and oxygen atoms in total. The minimum absolute atomic E-state index is 0.0592. The van der Waals surface area contributed by atoms with Crippen LogP contribution in [0.2, 0.25) is 0 Å².